The van der Waals surface area contributed by atoms with E-state index in [4.69, 9.17) is 0 Å². The number of nitrogens with zero attached hydrogens (tertiary/aromatic N) is 2. The first-order chi connectivity index (χ1) is 5.79. The van der Waals surface area contributed by atoms with E-state index in [1.165, 1.54) is 0 Å². The molecule has 0 aliphatic carbocycles. The van der Waals surface area contributed by atoms with Crippen molar-refractivity contribution in [2.75, 3.05) is 0 Å². The van der Waals surface area contributed by atoms with Gasteiger partial charge in [-0.3, -0.25) is 4.79 Å². The first kappa shape index (κ1) is 7.72. The molecule has 0 N–H and O–H groups in total. The van der Waals surface area contributed by atoms with E-state index >= 15 is 0 Å². The van der Waals surface area contributed by atoms with E-state index in [-0.39, 0.29) is 0 Å². The number of rotatable bonds is 1. The Morgan fingerprint density at radius 3 is 3.17 bits per heavy atom. The van der Waals surface area contributed by atoms with Crippen LogP contribution in [0.15, 0.2) is 24.5 Å². The topological polar surface area (TPSA) is 34.4 Å². The summed E-state index contributed by atoms with van der Waals surface area (Å²) in [7, 11) is 0. The summed E-state index contributed by atoms with van der Waals surface area (Å²) in [6, 6.07) is 3.89. The minimum atomic E-state index is 0.469. The molecule has 0 aliphatic heterocycles. The van der Waals surface area contributed by atoms with Crippen LogP contribution in [-0.2, 0) is 0 Å². The number of halogens is 1. The SMILES string of the molecule is O=Cc1cn2ccc(I)cc2n1. The van der Waals surface area contributed by atoms with Crippen LogP contribution < -0.4 is 0 Å². The lowest BCUT2D eigenvalue weighted by atomic mass is 10.5. The normalized spacial score (nSPS) is 10.4. The van der Waals surface area contributed by atoms with Crippen LogP contribution in [0.1, 0.15) is 10.5 Å². The first-order valence-corrected chi connectivity index (χ1v) is 4.47. The molecule has 2 aromatic heterocycles. The second kappa shape index (κ2) is 2.85. The molecule has 0 saturated heterocycles. The van der Waals surface area contributed by atoms with Gasteiger partial charge in [0.25, 0.3) is 0 Å². The van der Waals surface area contributed by atoms with Crippen molar-refractivity contribution in [3.63, 3.8) is 0 Å². The van der Waals surface area contributed by atoms with E-state index in [9.17, 15) is 4.79 Å². The van der Waals surface area contributed by atoms with Crippen LogP contribution in [0.2, 0.25) is 0 Å². The molecule has 0 aromatic carbocycles. The highest BCUT2D eigenvalue weighted by atomic mass is 127. The zero-order chi connectivity index (χ0) is 8.55. The average Bonchev–Trinajstić information content (AvgIpc) is 2.46. The predicted octanol–water partition coefficient (Wildman–Crippen LogP) is 1.75. The highest BCUT2D eigenvalue weighted by Gasteiger charge is 1.99. The molecule has 2 aromatic rings. The van der Waals surface area contributed by atoms with Crippen molar-refractivity contribution >= 4 is 34.5 Å². The first-order valence-electron chi connectivity index (χ1n) is 3.39. The van der Waals surface area contributed by atoms with Crippen LogP contribution in [0.5, 0.6) is 0 Å². The van der Waals surface area contributed by atoms with Gasteiger partial charge in [-0.25, -0.2) is 4.98 Å². The third-order valence-electron chi connectivity index (χ3n) is 1.56. The molecule has 0 saturated carbocycles. The van der Waals surface area contributed by atoms with Gasteiger partial charge in [0.15, 0.2) is 6.29 Å². The maximum atomic E-state index is 10.4. The molecule has 60 valence electrons. The van der Waals surface area contributed by atoms with E-state index < -0.39 is 0 Å². The molecular weight excluding hydrogens is 267 g/mol. The Labute approximate surface area is 82.6 Å². The summed E-state index contributed by atoms with van der Waals surface area (Å²) in [5.74, 6) is 0. The molecule has 0 spiro atoms. The summed E-state index contributed by atoms with van der Waals surface area (Å²) >= 11 is 2.21. The second-order valence-corrected chi connectivity index (χ2v) is 3.64. The minimum absolute atomic E-state index is 0.469. The van der Waals surface area contributed by atoms with Gasteiger partial charge in [0.2, 0.25) is 0 Å². The molecule has 0 bridgehead atoms. The van der Waals surface area contributed by atoms with Gasteiger partial charge in [0, 0.05) is 16.0 Å². The lowest BCUT2D eigenvalue weighted by molar-refractivity contribution is 0.111. The van der Waals surface area contributed by atoms with Crippen LogP contribution in [0.4, 0.5) is 0 Å². The van der Waals surface area contributed by atoms with Crippen molar-refractivity contribution in [3.8, 4) is 0 Å². The maximum Gasteiger partial charge on any atom is 0.170 e. The molecule has 2 rings (SSSR count). The molecule has 0 atom stereocenters. The highest BCUT2D eigenvalue weighted by molar-refractivity contribution is 14.1. The Kier molecular flexibility index (Phi) is 1.84. The van der Waals surface area contributed by atoms with Crippen molar-refractivity contribution in [2.24, 2.45) is 0 Å². The molecule has 0 unspecified atom stereocenters. The Hall–Kier alpha value is -0.910. The lowest BCUT2D eigenvalue weighted by Gasteiger charge is -1.91. The summed E-state index contributed by atoms with van der Waals surface area (Å²) in [5, 5.41) is 0. The van der Waals surface area contributed by atoms with Crippen molar-refractivity contribution in [1.82, 2.24) is 9.38 Å². The standard InChI is InChI=1S/C8H5IN2O/c9-6-1-2-11-4-7(5-12)10-8(11)3-6/h1-5H. The Bertz CT molecular complexity index is 436. The van der Waals surface area contributed by atoms with Gasteiger partial charge >= 0.3 is 0 Å². The summed E-state index contributed by atoms with van der Waals surface area (Å²) in [5.41, 5.74) is 1.28. The van der Waals surface area contributed by atoms with Crippen LogP contribution in [0, 0.1) is 3.57 Å². The van der Waals surface area contributed by atoms with Crippen LogP contribution in [0.3, 0.4) is 0 Å². The maximum absolute atomic E-state index is 10.4. The Morgan fingerprint density at radius 1 is 1.58 bits per heavy atom. The fourth-order valence-electron chi connectivity index (χ4n) is 1.03. The molecule has 12 heavy (non-hydrogen) atoms. The summed E-state index contributed by atoms with van der Waals surface area (Å²) < 4.78 is 2.94. The third-order valence-corrected chi connectivity index (χ3v) is 2.23. The molecule has 0 fully saturated rings. The van der Waals surface area contributed by atoms with Gasteiger partial charge in [-0.2, -0.15) is 0 Å². The summed E-state index contributed by atoms with van der Waals surface area (Å²) in [6.45, 7) is 0. The van der Waals surface area contributed by atoms with Gasteiger partial charge < -0.3 is 4.40 Å². The minimum Gasteiger partial charge on any atom is -0.306 e. The van der Waals surface area contributed by atoms with Gasteiger partial charge in [0.05, 0.1) is 0 Å². The number of hydrogen-bond acceptors (Lipinski definition) is 2. The molecule has 0 aliphatic rings. The van der Waals surface area contributed by atoms with Crippen LogP contribution in [-0.4, -0.2) is 15.7 Å². The van der Waals surface area contributed by atoms with Crippen molar-refractivity contribution in [3.05, 3.63) is 33.8 Å². The molecule has 2 heterocycles. The summed E-state index contributed by atoms with van der Waals surface area (Å²) in [4.78, 5) is 14.5. The zero-order valence-corrected chi connectivity index (χ0v) is 8.22. The number of carbonyl (C=O) groups is 1. The van der Waals surface area contributed by atoms with Crippen LogP contribution >= 0.6 is 22.6 Å². The molecular formula is C8H5IN2O. The third kappa shape index (κ3) is 1.22. The lowest BCUT2D eigenvalue weighted by Crippen LogP contribution is -1.81. The Balaban J connectivity index is 2.75. The van der Waals surface area contributed by atoms with Crippen LogP contribution in [0.25, 0.3) is 5.65 Å². The highest BCUT2D eigenvalue weighted by Crippen LogP contribution is 2.08. The smallest absolute Gasteiger partial charge is 0.170 e. The fourth-order valence-corrected chi connectivity index (χ4v) is 1.47. The fraction of sp³-hybridized carbons (Fsp3) is 0. The Morgan fingerprint density at radius 2 is 2.42 bits per heavy atom. The number of carbonyl (C=O) groups excluding carboxylic acids is 1. The number of pyridine rings is 1. The molecule has 0 amide bonds. The molecule has 4 heteroatoms. The molecule has 0 radical (unpaired) electrons. The van der Waals surface area contributed by atoms with E-state index in [1.807, 2.05) is 22.7 Å². The van der Waals surface area contributed by atoms with Gasteiger partial charge in [0.1, 0.15) is 11.3 Å². The largest absolute Gasteiger partial charge is 0.306 e. The zero-order valence-electron chi connectivity index (χ0n) is 6.07. The van der Waals surface area contributed by atoms with Gasteiger partial charge in [-0.05, 0) is 34.7 Å². The number of aldehydes is 1. The van der Waals surface area contributed by atoms with Gasteiger partial charge in [-0.1, -0.05) is 0 Å². The predicted molar refractivity (Wildman–Crippen MR) is 53.3 cm³/mol. The van der Waals surface area contributed by atoms with Gasteiger partial charge in [-0.15, -0.1) is 0 Å². The van der Waals surface area contributed by atoms with E-state index in [0.29, 0.717) is 5.69 Å². The number of hydrogen-bond donors (Lipinski definition) is 0. The average molecular weight is 272 g/mol. The number of aromatic nitrogens is 2. The summed E-state index contributed by atoms with van der Waals surface area (Å²) in [6.07, 6.45) is 4.34. The molecule has 3 nitrogen and oxygen atoms in total. The van der Waals surface area contributed by atoms with E-state index in [2.05, 4.69) is 27.6 Å². The monoisotopic (exact) mass is 272 g/mol. The number of imidazole rings is 1. The number of fused-ring (bicyclic) bond motifs is 1. The van der Waals surface area contributed by atoms with Crippen molar-refractivity contribution in [2.45, 2.75) is 0 Å². The van der Waals surface area contributed by atoms with E-state index in [0.717, 1.165) is 15.5 Å². The van der Waals surface area contributed by atoms with Crippen molar-refractivity contribution in [1.29, 1.82) is 0 Å². The van der Waals surface area contributed by atoms with Crippen molar-refractivity contribution < 1.29 is 4.79 Å². The second-order valence-electron chi connectivity index (χ2n) is 2.39. The van der Waals surface area contributed by atoms with E-state index in [1.54, 1.807) is 6.20 Å². The quantitative estimate of drug-likeness (QED) is 0.585.